The molecule has 0 amide bonds. The molecule has 182 valence electrons. The van der Waals surface area contributed by atoms with Gasteiger partial charge in [-0.2, -0.15) is 0 Å². The first-order chi connectivity index (χ1) is 14.7. The van der Waals surface area contributed by atoms with Crippen LogP contribution in [0.25, 0.3) is 0 Å². The van der Waals surface area contributed by atoms with Crippen LogP contribution in [0.4, 0.5) is 0 Å². The number of benzene rings is 2. The first-order valence-electron chi connectivity index (χ1n) is 11.6. The molecule has 0 saturated carbocycles. The molecule has 0 aliphatic rings. The van der Waals surface area contributed by atoms with E-state index >= 15 is 0 Å². The molecule has 2 rings (SSSR count). The maximum absolute atomic E-state index is 5.25. The molecule has 2 aromatic carbocycles. The highest BCUT2D eigenvalue weighted by Gasteiger charge is 2.13. The van der Waals surface area contributed by atoms with E-state index in [0.29, 0.717) is 12.1 Å². The molecule has 0 fully saturated rings. The van der Waals surface area contributed by atoms with Gasteiger partial charge in [0.2, 0.25) is 0 Å². The number of aryl methyl sites for hydroxylation is 2. The summed E-state index contributed by atoms with van der Waals surface area (Å²) < 4.78 is 10.5. The lowest BCUT2D eigenvalue weighted by molar-refractivity contribution is -0.755. The highest BCUT2D eigenvalue weighted by Crippen LogP contribution is 2.14. The second-order valence-corrected chi connectivity index (χ2v) is 8.16. The van der Waals surface area contributed by atoms with Crippen molar-refractivity contribution in [3.63, 3.8) is 0 Å². The molecule has 32 heavy (non-hydrogen) atoms. The number of hydrogen-bond acceptors (Lipinski definition) is 2. The maximum atomic E-state index is 5.25. The van der Waals surface area contributed by atoms with Gasteiger partial charge in [0.05, 0.1) is 26.3 Å². The average Bonchev–Trinajstić information content (AvgIpc) is 2.81. The fourth-order valence-corrected chi connectivity index (χ4v) is 3.93. The molecule has 0 radical (unpaired) electrons. The Morgan fingerprint density at radius 3 is 1.25 bits per heavy atom. The van der Waals surface area contributed by atoms with Gasteiger partial charge in [0, 0.05) is 12.8 Å². The molecule has 2 atom stereocenters. The van der Waals surface area contributed by atoms with Gasteiger partial charge in [-0.15, -0.1) is 0 Å². The Labute approximate surface area is 216 Å². The van der Waals surface area contributed by atoms with Gasteiger partial charge < -0.3 is 54.1 Å². The summed E-state index contributed by atoms with van der Waals surface area (Å²) in [6, 6.07) is 18.4. The molecule has 0 spiro atoms. The smallest absolute Gasteiger partial charge is 0.125 e. The number of methoxy groups -OCH3 is 2. The zero-order chi connectivity index (χ0) is 21.6. The lowest BCUT2D eigenvalue weighted by Crippen LogP contribution is -3.00. The first-order valence-corrected chi connectivity index (χ1v) is 11.6. The van der Waals surface area contributed by atoms with E-state index in [2.05, 4.69) is 73.0 Å². The minimum absolute atomic E-state index is 0. The zero-order valence-electron chi connectivity index (χ0n) is 20.2. The summed E-state index contributed by atoms with van der Waals surface area (Å²) in [5.74, 6) is 1.87. The Bertz CT molecular complexity index is 634. The molecule has 2 unspecified atom stereocenters. The van der Waals surface area contributed by atoms with Crippen LogP contribution >= 0.6 is 0 Å². The van der Waals surface area contributed by atoms with Crippen molar-refractivity contribution in [3.8, 4) is 11.5 Å². The van der Waals surface area contributed by atoms with Crippen molar-refractivity contribution < 1.29 is 54.1 Å². The van der Waals surface area contributed by atoms with Crippen LogP contribution in [-0.4, -0.2) is 39.4 Å². The molecule has 0 heterocycles. The van der Waals surface area contributed by atoms with E-state index in [1.807, 2.05) is 0 Å². The van der Waals surface area contributed by atoms with Crippen LogP contribution in [0.2, 0.25) is 0 Å². The van der Waals surface area contributed by atoms with Crippen LogP contribution in [0.15, 0.2) is 48.5 Å². The third-order valence-corrected chi connectivity index (χ3v) is 6.14. The van der Waals surface area contributed by atoms with Crippen LogP contribution < -0.4 is 54.1 Å². The number of hydrogen-bond donors (Lipinski definition) is 2. The fourth-order valence-electron chi connectivity index (χ4n) is 3.93. The Morgan fingerprint density at radius 2 is 0.969 bits per heavy atom. The Kier molecular flexibility index (Phi) is 17.7. The highest BCUT2D eigenvalue weighted by atomic mass is 79.9. The van der Waals surface area contributed by atoms with E-state index in [-0.39, 0.29) is 34.0 Å². The van der Waals surface area contributed by atoms with Crippen molar-refractivity contribution in [2.75, 3.05) is 27.3 Å². The summed E-state index contributed by atoms with van der Waals surface area (Å²) in [5, 5.41) is 5.10. The molecule has 4 nitrogen and oxygen atoms in total. The number of halogens is 2. The Balaban J connectivity index is 0.00000480. The number of quaternary nitrogens is 2. The van der Waals surface area contributed by atoms with Crippen molar-refractivity contribution in [1.82, 2.24) is 0 Å². The van der Waals surface area contributed by atoms with Gasteiger partial charge >= 0.3 is 0 Å². The van der Waals surface area contributed by atoms with E-state index in [1.165, 1.54) is 49.9 Å². The predicted molar refractivity (Wildman–Crippen MR) is 124 cm³/mol. The van der Waals surface area contributed by atoms with Gasteiger partial charge in [-0.05, 0) is 61.1 Å². The second kappa shape index (κ2) is 18.4. The van der Waals surface area contributed by atoms with Crippen LogP contribution in [-0.2, 0) is 12.8 Å². The molecule has 0 aromatic heterocycles. The van der Waals surface area contributed by atoms with Crippen LogP contribution in [0.1, 0.15) is 50.7 Å². The third-order valence-electron chi connectivity index (χ3n) is 6.14. The van der Waals surface area contributed by atoms with Gasteiger partial charge in [-0.25, -0.2) is 0 Å². The van der Waals surface area contributed by atoms with Crippen molar-refractivity contribution in [3.05, 3.63) is 59.7 Å². The molecule has 2 aromatic rings. The van der Waals surface area contributed by atoms with Gasteiger partial charge in [0.1, 0.15) is 24.6 Å². The Hall–Kier alpha value is -1.08. The number of ether oxygens (including phenoxy) is 2. The van der Waals surface area contributed by atoms with E-state index in [9.17, 15) is 0 Å². The largest absolute Gasteiger partial charge is 1.00 e. The van der Waals surface area contributed by atoms with Gasteiger partial charge in [0.15, 0.2) is 0 Å². The zero-order valence-corrected chi connectivity index (χ0v) is 23.3. The van der Waals surface area contributed by atoms with Gasteiger partial charge in [-0.1, -0.05) is 38.1 Å². The topological polar surface area (TPSA) is 51.7 Å². The number of rotatable bonds is 15. The summed E-state index contributed by atoms with van der Waals surface area (Å²) >= 11 is 0. The number of nitrogens with two attached hydrogens (primary N) is 2. The third kappa shape index (κ3) is 11.7. The molecule has 4 N–H and O–H groups in total. The standard InChI is InChI=1S/C26H40N2O2.2BrH/c1-5-23(13-7-21-9-15-25(29-3)16-10-21)27-19-20-28-24(6-2)14-8-22-11-17-26(30-4)18-12-22;;/h9-12,15-18,23-24,27-28H,5-8,13-14,19-20H2,1-4H3;2*1H. The minimum atomic E-state index is 0. The monoisotopic (exact) mass is 572 g/mol. The maximum Gasteiger partial charge on any atom is 0.125 e. The van der Waals surface area contributed by atoms with E-state index < -0.39 is 0 Å². The second-order valence-electron chi connectivity index (χ2n) is 8.16. The van der Waals surface area contributed by atoms with Gasteiger partial charge in [0.25, 0.3) is 0 Å². The van der Waals surface area contributed by atoms with Gasteiger partial charge in [-0.3, -0.25) is 0 Å². The fraction of sp³-hybridized carbons (Fsp3) is 0.538. The molecule has 0 aliphatic carbocycles. The predicted octanol–water partition coefficient (Wildman–Crippen LogP) is -3.04. The average molecular weight is 574 g/mol. The summed E-state index contributed by atoms with van der Waals surface area (Å²) in [7, 11) is 3.44. The van der Waals surface area contributed by atoms with E-state index in [0.717, 1.165) is 24.3 Å². The summed E-state index contributed by atoms with van der Waals surface area (Å²) in [6.07, 6.45) is 7.20. The summed E-state index contributed by atoms with van der Waals surface area (Å²) in [4.78, 5) is 0. The van der Waals surface area contributed by atoms with Crippen molar-refractivity contribution in [2.45, 2.75) is 64.5 Å². The van der Waals surface area contributed by atoms with Crippen LogP contribution in [0, 0.1) is 0 Å². The van der Waals surface area contributed by atoms with Crippen molar-refractivity contribution in [1.29, 1.82) is 0 Å². The summed E-state index contributed by atoms with van der Waals surface area (Å²) in [6.45, 7) is 7.01. The first kappa shape index (κ1) is 30.9. The molecular weight excluding hydrogens is 532 g/mol. The van der Waals surface area contributed by atoms with Crippen molar-refractivity contribution >= 4 is 0 Å². The van der Waals surface area contributed by atoms with Crippen LogP contribution in [0.5, 0.6) is 11.5 Å². The SMILES string of the molecule is CCC(CCc1ccc(OC)cc1)[NH2+]CC[NH2+]C(CC)CCc1ccc(OC)cc1.[Br-].[Br-]. The normalized spacial score (nSPS) is 12.2. The molecule has 0 saturated heterocycles. The van der Waals surface area contributed by atoms with E-state index in [4.69, 9.17) is 9.47 Å². The lowest BCUT2D eigenvalue weighted by atomic mass is 10.0. The molecule has 0 aliphatic heterocycles. The van der Waals surface area contributed by atoms with Crippen LogP contribution in [0.3, 0.4) is 0 Å². The molecule has 0 bridgehead atoms. The minimum Gasteiger partial charge on any atom is -1.00 e. The lowest BCUT2D eigenvalue weighted by Gasteiger charge is -2.16. The quantitative estimate of drug-likeness (QED) is 0.223. The highest BCUT2D eigenvalue weighted by molar-refractivity contribution is 5.27. The molecule has 6 heteroatoms. The molecular formula is C26H42Br2N2O2. The van der Waals surface area contributed by atoms with E-state index in [1.54, 1.807) is 14.2 Å². The summed E-state index contributed by atoms with van der Waals surface area (Å²) in [5.41, 5.74) is 2.80. The Morgan fingerprint density at radius 1 is 0.625 bits per heavy atom. The van der Waals surface area contributed by atoms with Crippen molar-refractivity contribution in [2.24, 2.45) is 0 Å².